The molecular formula is C15H24N2O. The van der Waals surface area contributed by atoms with Crippen LogP contribution >= 0.6 is 0 Å². The molecule has 2 N–H and O–H groups in total. The summed E-state index contributed by atoms with van der Waals surface area (Å²) in [5, 5.41) is 6.84. The minimum atomic E-state index is 0.837. The van der Waals surface area contributed by atoms with Crippen molar-refractivity contribution in [1.82, 2.24) is 10.6 Å². The van der Waals surface area contributed by atoms with Crippen LogP contribution in [-0.4, -0.2) is 33.3 Å². The minimum absolute atomic E-state index is 0.837. The highest BCUT2D eigenvalue weighted by atomic mass is 16.5. The summed E-state index contributed by atoms with van der Waals surface area (Å²) < 4.78 is 5.34. The maximum Gasteiger partial charge on any atom is 0.122 e. The monoisotopic (exact) mass is 248 g/mol. The van der Waals surface area contributed by atoms with Gasteiger partial charge in [-0.15, -0.1) is 0 Å². The lowest BCUT2D eigenvalue weighted by molar-refractivity contribution is 0.333. The molecule has 0 saturated carbocycles. The first-order valence-corrected chi connectivity index (χ1v) is 6.77. The van der Waals surface area contributed by atoms with Crippen molar-refractivity contribution in [3.63, 3.8) is 0 Å². The number of hydrogen-bond donors (Lipinski definition) is 2. The van der Waals surface area contributed by atoms with E-state index in [0.29, 0.717) is 0 Å². The van der Waals surface area contributed by atoms with Gasteiger partial charge in [0.05, 0.1) is 7.11 Å². The van der Waals surface area contributed by atoms with E-state index in [4.69, 9.17) is 4.74 Å². The maximum absolute atomic E-state index is 5.34. The second kappa shape index (κ2) is 6.21. The van der Waals surface area contributed by atoms with E-state index in [9.17, 15) is 0 Å². The summed E-state index contributed by atoms with van der Waals surface area (Å²) in [5.74, 6) is 1.83. The summed E-state index contributed by atoms with van der Waals surface area (Å²) in [7, 11) is 1.73. The first kappa shape index (κ1) is 13.4. The topological polar surface area (TPSA) is 33.3 Å². The fourth-order valence-electron chi connectivity index (χ4n) is 2.37. The first-order valence-electron chi connectivity index (χ1n) is 6.77. The number of ether oxygens (including phenoxy) is 1. The van der Waals surface area contributed by atoms with Gasteiger partial charge in [0.15, 0.2) is 0 Å². The molecule has 18 heavy (non-hydrogen) atoms. The van der Waals surface area contributed by atoms with Gasteiger partial charge in [0, 0.05) is 19.6 Å². The number of rotatable bonds is 6. The van der Waals surface area contributed by atoms with Crippen LogP contribution in [0.5, 0.6) is 5.75 Å². The van der Waals surface area contributed by atoms with Gasteiger partial charge < -0.3 is 15.4 Å². The third-order valence-electron chi connectivity index (χ3n) is 3.94. The van der Waals surface area contributed by atoms with E-state index in [1.165, 1.54) is 29.8 Å². The van der Waals surface area contributed by atoms with Gasteiger partial charge in [-0.05, 0) is 55.5 Å². The van der Waals surface area contributed by atoms with Gasteiger partial charge in [0.2, 0.25) is 0 Å². The third kappa shape index (κ3) is 3.03. The molecule has 1 fully saturated rings. The molecule has 0 unspecified atom stereocenters. The van der Waals surface area contributed by atoms with Crippen molar-refractivity contribution in [3.8, 4) is 5.75 Å². The lowest BCUT2D eigenvalue weighted by atomic mass is 9.99. The van der Waals surface area contributed by atoms with Crippen LogP contribution in [0.1, 0.15) is 16.7 Å². The normalized spacial score (nSPS) is 15.5. The predicted octanol–water partition coefficient (Wildman–Crippen LogP) is 1.66. The van der Waals surface area contributed by atoms with E-state index in [0.717, 1.165) is 31.2 Å². The van der Waals surface area contributed by atoms with Crippen molar-refractivity contribution in [3.05, 3.63) is 28.8 Å². The third-order valence-corrected chi connectivity index (χ3v) is 3.94. The highest BCUT2D eigenvalue weighted by Crippen LogP contribution is 2.23. The van der Waals surface area contributed by atoms with E-state index in [1.807, 2.05) is 0 Å². The molecule has 0 bridgehead atoms. The minimum Gasteiger partial charge on any atom is -0.496 e. The van der Waals surface area contributed by atoms with Crippen molar-refractivity contribution >= 4 is 0 Å². The standard InChI is InChI=1S/C15H24N2O/c1-11-12(2)15(18-3)5-4-14(11)6-7-16-8-13-9-17-10-13/h4-5,13,16-17H,6-10H2,1-3H3. The maximum atomic E-state index is 5.34. The fraction of sp³-hybridized carbons (Fsp3) is 0.600. The van der Waals surface area contributed by atoms with Gasteiger partial charge >= 0.3 is 0 Å². The molecule has 1 aliphatic rings. The van der Waals surface area contributed by atoms with Gasteiger partial charge in [-0.25, -0.2) is 0 Å². The Labute approximate surface area is 110 Å². The van der Waals surface area contributed by atoms with Crippen LogP contribution in [0, 0.1) is 19.8 Å². The zero-order chi connectivity index (χ0) is 13.0. The Morgan fingerprint density at radius 1 is 1.28 bits per heavy atom. The molecule has 0 aromatic heterocycles. The molecule has 1 heterocycles. The molecule has 0 atom stereocenters. The smallest absolute Gasteiger partial charge is 0.122 e. The Hall–Kier alpha value is -1.06. The van der Waals surface area contributed by atoms with Crippen LogP contribution in [0.15, 0.2) is 12.1 Å². The number of benzene rings is 1. The Bertz CT molecular complexity index is 400. The second-order valence-corrected chi connectivity index (χ2v) is 5.16. The van der Waals surface area contributed by atoms with Crippen molar-refractivity contribution in [2.45, 2.75) is 20.3 Å². The number of nitrogens with one attached hydrogen (secondary N) is 2. The molecule has 0 radical (unpaired) electrons. The number of hydrogen-bond acceptors (Lipinski definition) is 3. The highest BCUT2D eigenvalue weighted by Gasteiger charge is 2.15. The first-order chi connectivity index (χ1) is 8.72. The van der Waals surface area contributed by atoms with Crippen LogP contribution < -0.4 is 15.4 Å². The molecule has 100 valence electrons. The summed E-state index contributed by atoms with van der Waals surface area (Å²) in [6.45, 7) is 8.86. The molecule has 1 aromatic rings. The van der Waals surface area contributed by atoms with E-state index in [-0.39, 0.29) is 0 Å². The predicted molar refractivity (Wildman–Crippen MR) is 75.4 cm³/mol. The van der Waals surface area contributed by atoms with Crippen LogP contribution in [0.3, 0.4) is 0 Å². The molecule has 3 heteroatoms. The molecule has 1 aromatic carbocycles. The second-order valence-electron chi connectivity index (χ2n) is 5.16. The fourth-order valence-corrected chi connectivity index (χ4v) is 2.37. The molecule has 1 saturated heterocycles. The van der Waals surface area contributed by atoms with Gasteiger partial charge in [0.1, 0.15) is 5.75 Å². The molecular weight excluding hydrogens is 224 g/mol. The Kier molecular flexibility index (Phi) is 4.61. The average molecular weight is 248 g/mol. The highest BCUT2D eigenvalue weighted by molar-refractivity contribution is 5.43. The Balaban J connectivity index is 1.83. The zero-order valence-electron chi connectivity index (χ0n) is 11.7. The van der Waals surface area contributed by atoms with Crippen LogP contribution in [0.4, 0.5) is 0 Å². The quantitative estimate of drug-likeness (QED) is 0.751. The van der Waals surface area contributed by atoms with Crippen LogP contribution in [0.2, 0.25) is 0 Å². The Morgan fingerprint density at radius 2 is 2.06 bits per heavy atom. The SMILES string of the molecule is COc1ccc(CCNCC2CNC2)c(C)c1C. The van der Waals surface area contributed by atoms with Crippen molar-refractivity contribution < 1.29 is 4.74 Å². The summed E-state index contributed by atoms with van der Waals surface area (Å²) in [6, 6.07) is 4.27. The molecule has 3 nitrogen and oxygen atoms in total. The van der Waals surface area contributed by atoms with Crippen molar-refractivity contribution in [2.24, 2.45) is 5.92 Å². The van der Waals surface area contributed by atoms with Gasteiger partial charge in [-0.1, -0.05) is 6.07 Å². The lowest BCUT2D eigenvalue weighted by Gasteiger charge is -2.27. The summed E-state index contributed by atoms with van der Waals surface area (Å²) >= 11 is 0. The van der Waals surface area contributed by atoms with Crippen LogP contribution in [-0.2, 0) is 6.42 Å². The molecule has 2 rings (SSSR count). The van der Waals surface area contributed by atoms with E-state index in [2.05, 4.69) is 36.6 Å². The van der Waals surface area contributed by atoms with Gasteiger partial charge in [-0.2, -0.15) is 0 Å². The van der Waals surface area contributed by atoms with Crippen molar-refractivity contribution in [2.75, 3.05) is 33.3 Å². The molecule has 0 aliphatic carbocycles. The average Bonchev–Trinajstić information content (AvgIpc) is 2.32. The summed E-state index contributed by atoms with van der Waals surface area (Å²) in [6.07, 6.45) is 1.09. The van der Waals surface area contributed by atoms with E-state index < -0.39 is 0 Å². The summed E-state index contributed by atoms with van der Waals surface area (Å²) in [5.41, 5.74) is 4.05. The Morgan fingerprint density at radius 3 is 2.67 bits per heavy atom. The van der Waals surface area contributed by atoms with Gasteiger partial charge in [-0.3, -0.25) is 0 Å². The lowest BCUT2D eigenvalue weighted by Crippen LogP contribution is -2.47. The summed E-state index contributed by atoms with van der Waals surface area (Å²) in [4.78, 5) is 0. The van der Waals surface area contributed by atoms with Crippen LogP contribution in [0.25, 0.3) is 0 Å². The van der Waals surface area contributed by atoms with Gasteiger partial charge in [0.25, 0.3) is 0 Å². The molecule has 0 spiro atoms. The molecule has 1 aliphatic heterocycles. The largest absolute Gasteiger partial charge is 0.496 e. The van der Waals surface area contributed by atoms with E-state index in [1.54, 1.807) is 7.11 Å². The zero-order valence-corrected chi connectivity index (χ0v) is 11.7. The van der Waals surface area contributed by atoms with E-state index >= 15 is 0 Å². The molecule has 0 amide bonds. The number of methoxy groups -OCH3 is 1. The van der Waals surface area contributed by atoms with Crippen molar-refractivity contribution in [1.29, 1.82) is 0 Å².